The van der Waals surface area contributed by atoms with Crippen molar-refractivity contribution in [1.29, 1.82) is 0 Å². The Hall–Kier alpha value is -1.49. The van der Waals surface area contributed by atoms with Crippen LogP contribution in [-0.4, -0.2) is 29.9 Å². The van der Waals surface area contributed by atoms with Gasteiger partial charge in [0.25, 0.3) is 0 Å². The normalized spacial score (nSPS) is 25.6. The molecule has 3 atom stereocenters. The Morgan fingerprint density at radius 2 is 2.04 bits per heavy atom. The highest BCUT2D eigenvalue weighted by Gasteiger charge is 2.37. The molecule has 1 saturated carbocycles. The van der Waals surface area contributed by atoms with Gasteiger partial charge in [0.1, 0.15) is 0 Å². The molecule has 1 heterocycles. The summed E-state index contributed by atoms with van der Waals surface area (Å²) in [6, 6.07) is 4.31. The van der Waals surface area contributed by atoms with Gasteiger partial charge in [-0.25, -0.2) is 8.78 Å². The summed E-state index contributed by atoms with van der Waals surface area (Å²) in [6.45, 7) is 5.70. The van der Waals surface area contributed by atoms with Crippen LogP contribution in [0.3, 0.4) is 0 Å². The Morgan fingerprint density at radius 1 is 1.29 bits per heavy atom. The SMILES string of the molecule is CC[C@@H]1CN(C(=O)C2CC2)CC[C@@H]1N[C@H](C)c1ccc(F)c(F)c1. The summed E-state index contributed by atoms with van der Waals surface area (Å²) in [4.78, 5) is 14.3. The Morgan fingerprint density at radius 3 is 2.67 bits per heavy atom. The summed E-state index contributed by atoms with van der Waals surface area (Å²) in [5.74, 6) is -0.634. The number of benzene rings is 1. The third-order valence-electron chi connectivity index (χ3n) is 5.40. The highest BCUT2D eigenvalue weighted by Crippen LogP contribution is 2.33. The van der Waals surface area contributed by atoms with Crippen molar-refractivity contribution in [2.75, 3.05) is 13.1 Å². The number of amides is 1. The molecular weight excluding hydrogens is 310 g/mol. The molecule has 1 aliphatic heterocycles. The van der Waals surface area contributed by atoms with Gasteiger partial charge in [-0.15, -0.1) is 0 Å². The third-order valence-corrected chi connectivity index (χ3v) is 5.40. The predicted octanol–water partition coefficient (Wildman–Crippen LogP) is 3.65. The van der Waals surface area contributed by atoms with E-state index in [-0.39, 0.29) is 12.0 Å². The Bertz CT molecular complexity index is 603. The lowest BCUT2D eigenvalue weighted by molar-refractivity contribution is -0.134. The zero-order valence-electron chi connectivity index (χ0n) is 14.4. The summed E-state index contributed by atoms with van der Waals surface area (Å²) in [6.07, 6.45) is 3.99. The summed E-state index contributed by atoms with van der Waals surface area (Å²) in [5.41, 5.74) is 0.750. The van der Waals surface area contributed by atoms with Crippen molar-refractivity contribution < 1.29 is 13.6 Å². The van der Waals surface area contributed by atoms with Crippen LogP contribution < -0.4 is 5.32 Å². The van der Waals surface area contributed by atoms with Crippen LogP contribution in [0.15, 0.2) is 18.2 Å². The average molecular weight is 336 g/mol. The number of hydrogen-bond donors (Lipinski definition) is 1. The van der Waals surface area contributed by atoms with Gasteiger partial charge in [0.2, 0.25) is 5.91 Å². The fourth-order valence-corrected chi connectivity index (χ4v) is 3.65. The predicted molar refractivity (Wildman–Crippen MR) is 89.4 cm³/mol. The monoisotopic (exact) mass is 336 g/mol. The van der Waals surface area contributed by atoms with Crippen molar-refractivity contribution in [1.82, 2.24) is 10.2 Å². The molecule has 1 N–H and O–H groups in total. The largest absolute Gasteiger partial charge is 0.342 e. The number of halogens is 2. The van der Waals surface area contributed by atoms with E-state index in [4.69, 9.17) is 0 Å². The lowest BCUT2D eigenvalue weighted by Crippen LogP contribution is -2.51. The van der Waals surface area contributed by atoms with Crippen molar-refractivity contribution in [2.24, 2.45) is 11.8 Å². The van der Waals surface area contributed by atoms with Gasteiger partial charge < -0.3 is 10.2 Å². The molecule has 5 heteroatoms. The lowest BCUT2D eigenvalue weighted by Gasteiger charge is -2.40. The highest BCUT2D eigenvalue weighted by molar-refractivity contribution is 5.81. The van der Waals surface area contributed by atoms with Crippen LogP contribution in [0.25, 0.3) is 0 Å². The lowest BCUT2D eigenvalue weighted by atomic mass is 9.88. The number of rotatable bonds is 5. The Kier molecular flexibility index (Phi) is 5.18. The van der Waals surface area contributed by atoms with E-state index in [9.17, 15) is 13.6 Å². The summed E-state index contributed by atoms with van der Waals surface area (Å²) in [7, 11) is 0. The number of carbonyl (C=O) groups excluding carboxylic acids is 1. The minimum absolute atomic E-state index is 0.0511. The standard InChI is InChI=1S/C19H26F2N2O/c1-3-13-11-23(19(24)14-4-5-14)9-8-18(13)22-12(2)15-6-7-16(20)17(21)10-15/h6-7,10,12-14,18,22H,3-5,8-9,11H2,1-2H3/t12-,13-,18+/m1/s1. The van der Waals surface area contributed by atoms with Crippen LogP contribution in [0.5, 0.6) is 0 Å². The molecule has 1 aliphatic carbocycles. The maximum absolute atomic E-state index is 13.4. The summed E-state index contributed by atoms with van der Waals surface area (Å²) in [5, 5.41) is 3.56. The second-order valence-electron chi connectivity index (χ2n) is 7.18. The first-order chi connectivity index (χ1) is 11.5. The topological polar surface area (TPSA) is 32.3 Å². The van der Waals surface area contributed by atoms with E-state index < -0.39 is 11.6 Å². The van der Waals surface area contributed by atoms with Gasteiger partial charge >= 0.3 is 0 Å². The van der Waals surface area contributed by atoms with Crippen molar-refractivity contribution in [3.63, 3.8) is 0 Å². The smallest absolute Gasteiger partial charge is 0.225 e. The van der Waals surface area contributed by atoms with Crippen LogP contribution in [0, 0.1) is 23.5 Å². The molecule has 1 aromatic rings. The summed E-state index contributed by atoms with van der Waals surface area (Å²) < 4.78 is 26.5. The van der Waals surface area contributed by atoms with E-state index in [1.54, 1.807) is 6.07 Å². The van der Waals surface area contributed by atoms with Gasteiger partial charge in [-0.2, -0.15) is 0 Å². The molecule has 0 radical (unpaired) electrons. The molecule has 24 heavy (non-hydrogen) atoms. The first-order valence-corrected chi connectivity index (χ1v) is 8.99. The number of hydrogen-bond acceptors (Lipinski definition) is 2. The minimum Gasteiger partial charge on any atom is -0.342 e. The first-order valence-electron chi connectivity index (χ1n) is 8.99. The van der Waals surface area contributed by atoms with Crippen molar-refractivity contribution in [2.45, 2.75) is 51.6 Å². The van der Waals surface area contributed by atoms with Crippen LogP contribution in [0.1, 0.15) is 51.1 Å². The average Bonchev–Trinajstić information content (AvgIpc) is 3.42. The fraction of sp³-hybridized carbons (Fsp3) is 0.632. The minimum atomic E-state index is -0.815. The zero-order chi connectivity index (χ0) is 17.3. The molecule has 0 spiro atoms. The molecule has 0 bridgehead atoms. The molecule has 2 fully saturated rings. The van der Waals surface area contributed by atoms with Crippen LogP contribution >= 0.6 is 0 Å². The van der Waals surface area contributed by atoms with Gasteiger partial charge in [-0.05, 0) is 49.8 Å². The molecule has 1 saturated heterocycles. The van der Waals surface area contributed by atoms with Crippen molar-refractivity contribution in [3.8, 4) is 0 Å². The van der Waals surface area contributed by atoms with E-state index in [1.807, 2.05) is 11.8 Å². The Labute approximate surface area is 142 Å². The second kappa shape index (κ2) is 7.18. The zero-order valence-corrected chi connectivity index (χ0v) is 14.4. The Balaban J connectivity index is 1.61. The van der Waals surface area contributed by atoms with Gasteiger partial charge in [-0.1, -0.05) is 19.4 Å². The maximum atomic E-state index is 13.4. The molecule has 1 aromatic carbocycles. The molecule has 2 aliphatic rings. The van der Waals surface area contributed by atoms with Crippen LogP contribution in [-0.2, 0) is 4.79 Å². The van der Waals surface area contributed by atoms with Crippen molar-refractivity contribution >= 4 is 5.91 Å². The summed E-state index contributed by atoms with van der Waals surface area (Å²) >= 11 is 0. The first kappa shape index (κ1) is 17.3. The van der Waals surface area contributed by atoms with Crippen LogP contribution in [0.4, 0.5) is 8.78 Å². The molecule has 1 amide bonds. The molecule has 0 unspecified atom stereocenters. The van der Waals surface area contributed by atoms with E-state index in [2.05, 4.69) is 12.2 Å². The van der Waals surface area contributed by atoms with Gasteiger partial charge in [0, 0.05) is 31.1 Å². The molecule has 0 aromatic heterocycles. The number of nitrogens with zero attached hydrogens (tertiary/aromatic N) is 1. The molecule has 3 nitrogen and oxygen atoms in total. The molecule has 3 rings (SSSR count). The highest BCUT2D eigenvalue weighted by atomic mass is 19.2. The third kappa shape index (κ3) is 3.77. The van der Waals surface area contributed by atoms with E-state index in [0.717, 1.165) is 44.3 Å². The number of likely N-dealkylation sites (tertiary alicyclic amines) is 1. The number of carbonyl (C=O) groups is 1. The van der Waals surface area contributed by atoms with Gasteiger partial charge in [0.15, 0.2) is 11.6 Å². The number of nitrogens with one attached hydrogen (secondary N) is 1. The quantitative estimate of drug-likeness (QED) is 0.890. The van der Waals surface area contributed by atoms with E-state index >= 15 is 0 Å². The van der Waals surface area contributed by atoms with Crippen LogP contribution in [0.2, 0.25) is 0 Å². The number of piperidine rings is 1. The fourth-order valence-electron chi connectivity index (χ4n) is 3.65. The maximum Gasteiger partial charge on any atom is 0.225 e. The second-order valence-corrected chi connectivity index (χ2v) is 7.18. The molecular formula is C19H26F2N2O. The van der Waals surface area contributed by atoms with Gasteiger partial charge in [-0.3, -0.25) is 4.79 Å². The van der Waals surface area contributed by atoms with Crippen molar-refractivity contribution in [3.05, 3.63) is 35.4 Å². The molecule has 132 valence electrons. The van der Waals surface area contributed by atoms with Gasteiger partial charge in [0.05, 0.1) is 0 Å². The van der Waals surface area contributed by atoms with E-state index in [0.29, 0.717) is 17.9 Å². The van der Waals surface area contributed by atoms with E-state index in [1.165, 1.54) is 12.1 Å².